The smallest absolute Gasteiger partial charge is 0.328 e. The van der Waals surface area contributed by atoms with Crippen LogP contribution in [0.2, 0.25) is 0 Å². The van der Waals surface area contributed by atoms with Gasteiger partial charge in [-0.15, -0.1) is 0 Å². The maximum atomic E-state index is 14.1. The van der Waals surface area contributed by atoms with Gasteiger partial charge in [0.2, 0.25) is 59.1 Å². The van der Waals surface area contributed by atoms with Crippen LogP contribution in [0.5, 0.6) is 0 Å². The van der Waals surface area contributed by atoms with Crippen LogP contribution in [0, 0.1) is 17.8 Å². The highest BCUT2D eigenvalue weighted by atomic mass is 32.1. The van der Waals surface area contributed by atoms with Gasteiger partial charge < -0.3 is 80.2 Å². The van der Waals surface area contributed by atoms with E-state index in [1.165, 1.54) is 4.90 Å². The van der Waals surface area contributed by atoms with E-state index in [1.54, 1.807) is 41.5 Å². The lowest BCUT2D eigenvalue weighted by atomic mass is 9.99. The number of aliphatic hydroxyl groups is 1. The molecule has 28 heteroatoms. The summed E-state index contributed by atoms with van der Waals surface area (Å²) in [4.78, 5) is 151. The number of hydrogen-bond donors (Lipinski definition) is 14. The summed E-state index contributed by atoms with van der Waals surface area (Å²) in [6.07, 6.45) is 0.813. The Morgan fingerprint density at radius 1 is 0.648 bits per heavy atom. The molecule has 17 N–H and O–H groups in total. The number of nitrogens with one attached hydrogen (secondary N) is 7. The van der Waals surface area contributed by atoms with Crippen molar-refractivity contribution >= 4 is 83.6 Å². The molecule has 0 aromatic rings. The number of thiol groups is 1. The molecule has 0 spiro atoms. The molecule has 0 radical (unpaired) electrons. The van der Waals surface area contributed by atoms with Gasteiger partial charge in [0.1, 0.15) is 48.3 Å². The largest absolute Gasteiger partial charge is 0.480 e. The number of nitrogens with two attached hydrogens (primary N) is 4. The number of carboxylic acid groups (broad SMARTS) is 1. The Morgan fingerprint density at radius 2 is 1.13 bits per heavy atom. The molecule has 2 heterocycles. The summed E-state index contributed by atoms with van der Waals surface area (Å²) in [6, 6.07) is -11.4. The van der Waals surface area contributed by atoms with Crippen molar-refractivity contribution < 1.29 is 63.0 Å². The highest BCUT2D eigenvalue weighted by molar-refractivity contribution is 7.80. The lowest BCUT2D eigenvalue weighted by Crippen LogP contribution is -2.61. The van der Waals surface area contributed by atoms with E-state index < -0.39 is 157 Å². The van der Waals surface area contributed by atoms with E-state index in [1.807, 2.05) is 0 Å². The van der Waals surface area contributed by atoms with E-state index >= 15 is 0 Å². The Hall–Kier alpha value is -6.29. The molecule has 71 heavy (non-hydrogen) atoms. The fourth-order valence-corrected chi connectivity index (χ4v) is 8.02. The number of primary amides is 1. The van der Waals surface area contributed by atoms with Crippen LogP contribution in [0.15, 0.2) is 4.99 Å². The Morgan fingerprint density at radius 3 is 1.61 bits per heavy atom. The van der Waals surface area contributed by atoms with Crippen LogP contribution in [-0.2, 0) is 52.7 Å². The second kappa shape index (κ2) is 29.1. The van der Waals surface area contributed by atoms with E-state index in [-0.39, 0.29) is 50.6 Å². The molecular formula is C43H74N14O13S. The summed E-state index contributed by atoms with van der Waals surface area (Å²) in [7, 11) is 0. The number of nitrogens with zero attached hydrogens (tertiary/aromatic N) is 3. The van der Waals surface area contributed by atoms with Crippen LogP contribution < -0.4 is 60.2 Å². The third kappa shape index (κ3) is 18.8. The summed E-state index contributed by atoms with van der Waals surface area (Å²) >= 11 is 4.07. The van der Waals surface area contributed by atoms with Crippen LogP contribution in [0.4, 0.5) is 0 Å². The number of carbonyl (C=O) groups excluding carboxylic acids is 10. The van der Waals surface area contributed by atoms with Crippen LogP contribution in [0.3, 0.4) is 0 Å². The first kappa shape index (κ1) is 60.8. The SMILES string of the molecule is CC(C)[C@H](NC(=O)CNC(=O)[C@H](CCCN=C(N)N)NC(=O)[C@@H]1CCCN1C(=O)[C@@H](N)CS)C(=O)N[C@@H](CC(N)=O)C(=O)N1CCC[C@H]1C(=O)N[C@H](C(=O)N[C@H](C(=O)N[C@@H](CO)C(=O)O)C(C)C)C(C)C. The van der Waals surface area contributed by atoms with Crippen molar-refractivity contribution in [1.29, 1.82) is 0 Å². The molecule has 2 aliphatic rings. The minimum atomic E-state index is -1.63. The number of aliphatic imine (C=N–C) groups is 1. The van der Waals surface area contributed by atoms with Gasteiger partial charge in [0, 0.05) is 25.4 Å². The van der Waals surface area contributed by atoms with Gasteiger partial charge >= 0.3 is 5.97 Å². The first-order chi connectivity index (χ1) is 33.2. The van der Waals surface area contributed by atoms with E-state index in [9.17, 15) is 63.0 Å². The number of likely N-dealkylation sites (tertiary alicyclic amines) is 2. The van der Waals surface area contributed by atoms with E-state index in [0.29, 0.717) is 19.3 Å². The molecule has 0 aromatic carbocycles. The molecule has 0 aromatic heterocycles. The Kier molecular flexibility index (Phi) is 25.0. The van der Waals surface area contributed by atoms with Crippen molar-refractivity contribution in [1.82, 2.24) is 47.0 Å². The zero-order valence-corrected chi connectivity index (χ0v) is 42.0. The highest BCUT2D eigenvalue weighted by Gasteiger charge is 2.42. The summed E-state index contributed by atoms with van der Waals surface area (Å²) in [5.74, 6) is -11.3. The van der Waals surface area contributed by atoms with Gasteiger partial charge in [-0.3, -0.25) is 52.9 Å². The fraction of sp³-hybridized carbons (Fsp3) is 0.721. The highest BCUT2D eigenvalue weighted by Crippen LogP contribution is 2.22. The quantitative estimate of drug-likeness (QED) is 0.0150. The summed E-state index contributed by atoms with van der Waals surface area (Å²) in [6.45, 7) is 8.38. The van der Waals surface area contributed by atoms with E-state index in [0.717, 1.165) is 4.90 Å². The number of hydrogen-bond acceptors (Lipinski definition) is 15. The van der Waals surface area contributed by atoms with Gasteiger partial charge in [-0.25, -0.2) is 4.79 Å². The Bertz CT molecular complexity index is 1970. The molecular weight excluding hydrogens is 953 g/mol. The average Bonchev–Trinajstić information content (AvgIpc) is 4.00. The second-order valence-electron chi connectivity index (χ2n) is 18.5. The number of carboxylic acids is 1. The number of aliphatic hydroxyl groups excluding tert-OH is 1. The monoisotopic (exact) mass is 1030 g/mol. The Labute approximate surface area is 417 Å². The van der Waals surface area contributed by atoms with Crippen molar-refractivity contribution in [2.24, 2.45) is 45.7 Å². The van der Waals surface area contributed by atoms with Gasteiger partial charge in [-0.05, 0) is 56.3 Å². The van der Waals surface area contributed by atoms with E-state index in [4.69, 9.17) is 22.9 Å². The third-order valence-corrected chi connectivity index (χ3v) is 12.2. The standard InChI is InChI=1S/C43H74N14O13S/c1-20(2)31(53-30(60)17-49-34(61)24(10-7-13-48-43(46)47)50-35(62)27-11-8-14-56(27)40(67)23(44)19-71)37(64)51-25(16-29(45)59)41(68)57-15-9-12-28(57)36(63)54-33(22(5)6)39(66)55-32(21(3)4)38(65)52-26(18-58)42(69)70/h20-28,31-33,58,71H,7-19,44H2,1-6H3,(H2,45,59)(H,49,61)(H,50,62)(H,51,64)(H,52,65)(H,53,60)(H,54,63)(H,55,66)(H,69,70)(H4,46,47,48)/t23-,24-,25-,26-,27-,28-,31-,32-,33-/m0/s1. The maximum absolute atomic E-state index is 14.1. The minimum Gasteiger partial charge on any atom is -0.480 e. The molecule has 2 rings (SSSR count). The van der Waals surface area contributed by atoms with Gasteiger partial charge in [-0.2, -0.15) is 12.6 Å². The zero-order valence-electron chi connectivity index (χ0n) is 41.1. The normalized spacial score (nSPS) is 18.5. The van der Waals surface area contributed by atoms with Gasteiger partial charge in [0.05, 0.1) is 25.6 Å². The van der Waals surface area contributed by atoms with E-state index in [2.05, 4.69) is 54.8 Å². The number of rotatable bonds is 28. The summed E-state index contributed by atoms with van der Waals surface area (Å²) in [5.41, 5.74) is 22.2. The van der Waals surface area contributed by atoms with Crippen molar-refractivity contribution in [3.8, 4) is 0 Å². The zero-order chi connectivity index (χ0) is 53.9. The van der Waals surface area contributed by atoms with Crippen molar-refractivity contribution in [3.05, 3.63) is 0 Å². The molecule has 400 valence electrons. The third-order valence-electron chi connectivity index (χ3n) is 11.8. The first-order valence-corrected chi connectivity index (χ1v) is 24.1. The number of carbonyl (C=O) groups is 11. The molecule has 9 atom stereocenters. The van der Waals surface area contributed by atoms with Gasteiger partial charge in [-0.1, -0.05) is 41.5 Å². The summed E-state index contributed by atoms with van der Waals surface area (Å²) < 4.78 is 0. The van der Waals surface area contributed by atoms with Crippen LogP contribution in [0.25, 0.3) is 0 Å². The minimum absolute atomic E-state index is 0.00678. The maximum Gasteiger partial charge on any atom is 0.328 e. The predicted molar refractivity (Wildman–Crippen MR) is 259 cm³/mol. The summed E-state index contributed by atoms with van der Waals surface area (Å²) in [5, 5.41) is 36.0. The molecule has 0 aliphatic carbocycles. The first-order valence-electron chi connectivity index (χ1n) is 23.5. The Balaban J connectivity index is 2.20. The number of amides is 10. The predicted octanol–water partition coefficient (Wildman–Crippen LogP) is -5.78. The lowest BCUT2D eigenvalue weighted by molar-refractivity contribution is -0.144. The van der Waals surface area contributed by atoms with Crippen molar-refractivity contribution in [3.63, 3.8) is 0 Å². The molecule has 0 bridgehead atoms. The van der Waals surface area contributed by atoms with Crippen LogP contribution in [-0.4, -0.2) is 184 Å². The molecule has 2 saturated heterocycles. The molecule has 0 saturated carbocycles. The van der Waals surface area contributed by atoms with Crippen molar-refractivity contribution in [2.45, 2.75) is 141 Å². The molecule has 27 nitrogen and oxygen atoms in total. The lowest BCUT2D eigenvalue weighted by Gasteiger charge is -2.32. The van der Waals surface area contributed by atoms with Crippen LogP contribution >= 0.6 is 12.6 Å². The average molecular weight is 1030 g/mol. The topological polar surface area (TPSA) is 435 Å². The van der Waals surface area contributed by atoms with Crippen molar-refractivity contribution in [2.75, 3.05) is 38.5 Å². The van der Waals surface area contributed by atoms with Gasteiger partial charge in [0.25, 0.3) is 0 Å². The molecule has 10 amide bonds. The molecule has 2 aliphatic heterocycles. The molecule has 0 unspecified atom stereocenters. The molecule has 2 fully saturated rings. The fourth-order valence-electron chi connectivity index (χ4n) is 7.86. The second-order valence-corrected chi connectivity index (χ2v) is 18.8. The number of aliphatic carboxylic acids is 1. The van der Waals surface area contributed by atoms with Crippen LogP contribution in [0.1, 0.15) is 86.5 Å². The number of guanidine groups is 1. The van der Waals surface area contributed by atoms with Gasteiger partial charge in [0.15, 0.2) is 5.96 Å².